The first-order valence-corrected chi connectivity index (χ1v) is 7.15. The second-order valence-electron chi connectivity index (χ2n) is 3.24. The lowest BCUT2D eigenvalue weighted by atomic mass is 10.3. The van der Waals surface area contributed by atoms with E-state index in [2.05, 4.69) is 43.4 Å². The maximum atomic E-state index is 11.9. The zero-order chi connectivity index (χ0) is 13.1. The highest BCUT2D eigenvalue weighted by Gasteiger charge is 2.13. The van der Waals surface area contributed by atoms with Gasteiger partial charge in [0, 0.05) is 10.6 Å². The summed E-state index contributed by atoms with van der Waals surface area (Å²) in [5.41, 5.74) is 0.559. The molecule has 18 heavy (non-hydrogen) atoms. The first-order chi connectivity index (χ1) is 8.60. The molecule has 0 spiro atoms. The molecule has 0 radical (unpaired) electrons. The molecule has 1 aromatic heterocycles. The molecule has 0 aliphatic rings. The predicted octanol–water partition coefficient (Wildman–Crippen LogP) is 3.09. The Bertz CT molecular complexity index is 589. The van der Waals surface area contributed by atoms with Crippen LogP contribution in [0.4, 0.5) is 10.8 Å². The smallest absolute Gasteiger partial charge is 0.286 e. The van der Waals surface area contributed by atoms with E-state index in [0.717, 1.165) is 3.57 Å². The largest absolute Gasteiger partial charge is 0.363 e. The Kier molecular flexibility index (Phi) is 4.36. The number of rotatable bonds is 3. The van der Waals surface area contributed by atoms with Gasteiger partial charge in [0.2, 0.25) is 10.1 Å². The third-order valence-electron chi connectivity index (χ3n) is 2.01. The molecule has 2 N–H and O–H groups in total. The van der Waals surface area contributed by atoms with Gasteiger partial charge >= 0.3 is 0 Å². The van der Waals surface area contributed by atoms with Crippen molar-refractivity contribution in [1.29, 1.82) is 0 Å². The molecule has 8 heteroatoms. The van der Waals surface area contributed by atoms with Gasteiger partial charge in [-0.1, -0.05) is 22.9 Å². The second-order valence-corrected chi connectivity index (χ2v) is 5.87. The summed E-state index contributed by atoms with van der Waals surface area (Å²) in [5, 5.41) is 14.5. The van der Waals surface area contributed by atoms with Gasteiger partial charge in [0.15, 0.2) is 0 Å². The SMILES string of the molecule is CNc1nnc(C(=O)Nc2ccc(I)cc2Cl)s1. The summed E-state index contributed by atoms with van der Waals surface area (Å²) in [6.45, 7) is 0. The summed E-state index contributed by atoms with van der Waals surface area (Å²) in [7, 11) is 1.72. The van der Waals surface area contributed by atoms with Crippen molar-refractivity contribution >= 4 is 62.3 Å². The Morgan fingerprint density at radius 2 is 2.22 bits per heavy atom. The molecular weight excluding hydrogens is 387 g/mol. The molecule has 0 unspecified atom stereocenters. The standard InChI is InChI=1S/C10H8ClIN4OS/c1-13-10-16-15-9(18-10)8(17)14-7-3-2-5(12)4-6(7)11/h2-4H,1H3,(H,13,16)(H,14,17). The number of anilines is 2. The zero-order valence-corrected chi connectivity index (χ0v) is 12.9. The number of nitrogens with zero attached hydrogens (tertiary/aromatic N) is 2. The quantitative estimate of drug-likeness (QED) is 0.785. The molecule has 0 aliphatic heterocycles. The van der Waals surface area contributed by atoms with Crippen molar-refractivity contribution in [2.75, 3.05) is 17.7 Å². The minimum Gasteiger partial charge on any atom is -0.363 e. The summed E-state index contributed by atoms with van der Waals surface area (Å²) in [6.07, 6.45) is 0. The van der Waals surface area contributed by atoms with E-state index >= 15 is 0 Å². The molecule has 94 valence electrons. The third-order valence-corrected chi connectivity index (χ3v) is 3.94. The van der Waals surface area contributed by atoms with Gasteiger partial charge in [0.1, 0.15) is 0 Å². The molecule has 1 heterocycles. The Balaban J connectivity index is 2.16. The Morgan fingerprint density at radius 3 is 2.83 bits per heavy atom. The van der Waals surface area contributed by atoms with E-state index in [1.54, 1.807) is 19.2 Å². The van der Waals surface area contributed by atoms with E-state index in [4.69, 9.17) is 11.6 Å². The summed E-state index contributed by atoms with van der Waals surface area (Å²) >= 11 is 9.36. The minimum absolute atomic E-state index is 0.286. The minimum atomic E-state index is -0.322. The van der Waals surface area contributed by atoms with Gasteiger partial charge < -0.3 is 10.6 Å². The maximum absolute atomic E-state index is 11.9. The molecule has 0 bridgehead atoms. The number of benzene rings is 1. The molecule has 0 saturated carbocycles. The average Bonchev–Trinajstić information content (AvgIpc) is 2.81. The van der Waals surface area contributed by atoms with Crippen molar-refractivity contribution in [1.82, 2.24) is 10.2 Å². The van der Waals surface area contributed by atoms with Crippen molar-refractivity contribution in [3.8, 4) is 0 Å². The highest BCUT2D eigenvalue weighted by atomic mass is 127. The molecule has 1 aromatic carbocycles. The lowest BCUT2D eigenvalue weighted by Gasteiger charge is -2.05. The number of carbonyl (C=O) groups is 1. The van der Waals surface area contributed by atoms with Crippen LogP contribution in [-0.4, -0.2) is 23.2 Å². The van der Waals surface area contributed by atoms with Crippen LogP contribution >= 0.6 is 45.5 Å². The number of hydrogen-bond acceptors (Lipinski definition) is 5. The van der Waals surface area contributed by atoms with E-state index in [-0.39, 0.29) is 10.9 Å². The molecule has 0 fully saturated rings. The summed E-state index contributed by atoms with van der Waals surface area (Å²) in [6, 6.07) is 5.39. The van der Waals surface area contributed by atoms with Gasteiger partial charge in [-0.25, -0.2) is 0 Å². The fourth-order valence-electron chi connectivity index (χ4n) is 1.18. The van der Waals surface area contributed by atoms with Crippen LogP contribution in [0.25, 0.3) is 0 Å². The monoisotopic (exact) mass is 394 g/mol. The van der Waals surface area contributed by atoms with E-state index in [9.17, 15) is 4.79 Å². The number of aromatic nitrogens is 2. The van der Waals surface area contributed by atoms with Crippen molar-refractivity contribution in [3.63, 3.8) is 0 Å². The first-order valence-electron chi connectivity index (χ1n) is 4.88. The topological polar surface area (TPSA) is 66.9 Å². The molecular formula is C10H8ClIN4OS. The highest BCUT2D eigenvalue weighted by molar-refractivity contribution is 14.1. The van der Waals surface area contributed by atoms with Crippen molar-refractivity contribution in [3.05, 3.63) is 31.8 Å². The number of carbonyl (C=O) groups excluding carboxylic acids is 1. The second kappa shape index (κ2) is 5.81. The van der Waals surface area contributed by atoms with Crippen molar-refractivity contribution < 1.29 is 4.79 Å². The van der Waals surface area contributed by atoms with Gasteiger partial charge in [-0.2, -0.15) is 0 Å². The van der Waals surface area contributed by atoms with Crippen LogP contribution in [0.1, 0.15) is 9.80 Å². The number of hydrogen-bond donors (Lipinski definition) is 2. The van der Waals surface area contributed by atoms with Crippen LogP contribution in [0, 0.1) is 3.57 Å². The van der Waals surface area contributed by atoms with Gasteiger partial charge in [0.25, 0.3) is 5.91 Å². The Labute approximate surface area is 126 Å². The van der Waals surface area contributed by atoms with Crippen LogP contribution in [-0.2, 0) is 0 Å². The molecule has 1 amide bonds. The lowest BCUT2D eigenvalue weighted by molar-refractivity contribution is 0.102. The van der Waals surface area contributed by atoms with E-state index in [1.807, 2.05) is 6.07 Å². The van der Waals surface area contributed by atoms with Crippen LogP contribution in [0.2, 0.25) is 5.02 Å². The number of halogens is 2. The summed E-state index contributed by atoms with van der Waals surface area (Å²) < 4.78 is 1.00. The van der Waals surface area contributed by atoms with Crippen molar-refractivity contribution in [2.24, 2.45) is 0 Å². The van der Waals surface area contributed by atoms with Crippen LogP contribution in [0.5, 0.6) is 0 Å². The van der Waals surface area contributed by atoms with Gasteiger partial charge in [-0.3, -0.25) is 4.79 Å². The molecule has 2 rings (SSSR count). The van der Waals surface area contributed by atoms with E-state index in [0.29, 0.717) is 15.8 Å². The number of nitrogens with one attached hydrogen (secondary N) is 2. The Morgan fingerprint density at radius 1 is 1.44 bits per heavy atom. The van der Waals surface area contributed by atoms with Gasteiger partial charge in [-0.15, -0.1) is 10.2 Å². The fourth-order valence-corrected chi connectivity index (χ4v) is 2.68. The fraction of sp³-hybridized carbons (Fsp3) is 0.100. The van der Waals surface area contributed by atoms with E-state index < -0.39 is 0 Å². The normalized spacial score (nSPS) is 10.2. The maximum Gasteiger partial charge on any atom is 0.286 e. The summed E-state index contributed by atoms with van der Waals surface area (Å²) in [5.74, 6) is -0.322. The lowest BCUT2D eigenvalue weighted by Crippen LogP contribution is -2.11. The summed E-state index contributed by atoms with van der Waals surface area (Å²) in [4.78, 5) is 11.9. The molecule has 2 aromatic rings. The average molecular weight is 395 g/mol. The van der Waals surface area contributed by atoms with Crippen LogP contribution in [0.3, 0.4) is 0 Å². The van der Waals surface area contributed by atoms with E-state index in [1.165, 1.54) is 11.3 Å². The van der Waals surface area contributed by atoms with Crippen LogP contribution in [0.15, 0.2) is 18.2 Å². The highest BCUT2D eigenvalue weighted by Crippen LogP contribution is 2.25. The zero-order valence-electron chi connectivity index (χ0n) is 9.20. The predicted molar refractivity (Wildman–Crippen MR) is 81.6 cm³/mol. The molecule has 0 aliphatic carbocycles. The van der Waals surface area contributed by atoms with Crippen LogP contribution < -0.4 is 10.6 Å². The van der Waals surface area contributed by atoms with Gasteiger partial charge in [-0.05, 0) is 40.8 Å². The first kappa shape index (κ1) is 13.5. The third kappa shape index (κ3) is 3.09. The van der Waals surface area contributed by atoms with Crippen molar-refractivity contribution in [2.45, 2.75) is 0 Å². The number of amides is 1. The molecule has 0 saturated heterocycles. The Hall–Kier alpha value is -0.930. The molecule has 0 atom stereocenters. The molecule has 5 nitrogen and oxygen atoms in total. The van der Waals surface area contributed by atoms with Gasteiger partial charge in [0.05, 0.1) is 10.7 Å².